The Kier molecular flexibility index (Phi) is 5.44. The predicted molar refractivity (Wildman–Crippen MR) is 75.2 cm³/mol. The van der Waals surface area contributed by atoms with Gasteiger partial charge in [0, 0.05) is 14.1 Å². The molecule has 1 aromatic carbocycles. The molecule has 0 aliphatic rings. The number of hydrogen-bond acceptors (Lipinski definition) is 5. The quantitative estimate of drug-likeness (QED) is 0.485. The number of ether oxygens (including phenoxy) is 1. The number of hydrogen-bond donors (Lipinski definition) is 1. The van der Waals surface area contributed by atoms with Crippen molar-refractivity contribution in [1.82, 2.24) is 4.90 Å². The smallest absolute Gasteiger partial charge is 0.425 e. The highest BCUT2D eigenvalue weighted by molar-refractivity contribution is 5.97. The highest BCUT2D eigenvalue weighted by Gasteiger charge is 2.35. The van der Waals surface area contributed by atoms with Gasteiger partial charge in [0.25, 0.3) is 5.91 Å². The fourth-order valence-electron chi connectivity index (χ4n) is 1.49. The molecule has 0 aromatic heterocycles. The van der Waals surface area contributed by atoms with Gasteiger partial charge in [-0.1, -0.05) is 12.1 Å². The fourth-order valence-corrected chi connectivity index (χ4v) is 1.49. The van der Waals surface area contributed by atoms with Gasteiger partial charge in [-0.3, -0.25) is 9.59 Å². The first-order valence-corrected chi connectivity index (χ1v) is 6.47. The number of para-hydroxylation sites is 1. The van der Waals surface area contributed by atoms with Crippen molar-refractivity contribution in [2.24, 2.45) is 5.41 Å². The van der Waals surface area contributed by atoms with E-state index in [0.29, 0.717) is 0 Å². The summed E-state index contributed by atoms with van der Waals surface area (Å²) < 4.78 is 5.25. The second-order valence-electron chi connectivity index (χ2n) is 5.48. The Morgan fingerprint density at radius 3 is 2.41 bits per heavy atom. The zero-order valence-corrected chi connectivity index (χ0v) is 12.9. The van der Waals surface area contributed by atoms with Gasteiger partial charge in [0.1, 0.15) is 16.1 Å². The molecule has 1 aromatic rings. The summed E-state index contributed by atoms with van der Waals surface area (Å²) in [5.41, 5.74) is -0.954. The van der Waals surface area contributed by atoms with Crippen LogP contribution in [0.5, 0.6) is 5.75 Å². The number of rotatable bonds is 6. The summed E-state index contributed by atoms with van der Waals surface area (Å²) in [7, 11) is 3.17. The number of amides is 1. The molecule has 0 spiro atoms. The van der Waals surface area contributed by atoms with Crippen molar-refractivity contribution in [3.63, 3.8) is 0 Å². The van der Waals surface area contributed by atoms with Crippen LogP contribution in [0, 0.1) is 10.3 Å². The van der Waals surface area contributed by atoms with Crippen LogP contribution in [-0.2, 0) is 9.63 Å². The molecule has 0 radical (unpaired) electrons. The molecule has 22 heavy (non-hydrogen) atoms. The van der Waals surface area contributed by atoms with Crippen molar-refractivity contribution in [3.05, 3.63) is 34.7 Å². The van der Waals surface area contributed by atoms with Gasteiger partial charge in [0.05, 0.1) is 5.56 Å². The maximum Gasteiger partial charge on any atom is 0.475 e. The first-order chi connectivity index (χ1) is 10.1. The molecule has 8 heteroatoms. The van der Waals surface area contributed by atoms with Gasteiger partial charge in [-0.15, -0.1) is 0 Å². The molecular formula is C14H19N2O6+. The largest absolute Gasteiger partial charge is 0.475 e. The molecule has 1 rings (SSSR count). The van der Waals surface area contributed by atoms with Crippen molar-refractivity contribution in [3.8, 4) is 5.75 Å². The molecule has 1 N–H and O–H groups in total. The number of benzene rings is 1. The molecule has 1 amide bonds. The molecule has 0 bridgehead atoms. The molecule has 0 heterocycles. The van der Waals surface area contributed by atoms with E-state index in [4.69, 9.17) is 9.94 Å². The van der Waals surface area contributed by atoms with Gasteiger partial charge in [-0.05, 0) is 26.0 Å². The van der Waals surface area contributed by atoms with Crippen LogP contribution in [0.2, 0.25) is 0 Å². The third-order valence-electron chi connectivity index (χ3n) is 2.81. The Morgan fingerprint density at radius 2 is 1.86 bits per heavy atom. The monoisotopic (exact) mass is 311 g/mol. The Balaban J connectivity index is 2.93. The Bertz CT molecular complexity index is 582. The molecule has 0 saturated heterocycles. The third kappa shape index (κ3) is 4.44. The Labute approximate surface area is 127 Å². The van der Waals surface area contributed by atoms with Crippen LogP contribution < -0.4 is 4.74 Å². The van der Waals surface area contributed by atoms with E-state index in [0.717, 1.165) is 0 Å². The van der Waals surface area contributed by atoms with Gasteiger partial charge in [0.2, 0.25) is 0 Å². The van der Waals surface area contributed by atoms with E-state index in [1.807, 2.05) is 0 Å². The lowest BCUT2D eigenvalue weighted by atomic mass is 9.95. The molecule has 0 aliphatic carbocycles. The van der Waals surface area contributed by atoms with E-state index < -0.39 is 16.5 Å². The predicted octanol–water partition coefficient (Wildman–Crippen LogP) is 1.42. The van der Waals surface area contributed by atoms with Gasteiger partial charge < -0.3 is 9.64 Å². The van der Waals surface area contributed by atoms with Crippen LogP contribution >= 0.6 is 0 Å². The highest BCUT2D eigenvalue weighted by atomic mass is 16.9. The average Bonchev–Trinajstić information content (AvgIpc) is 2.45. The lowest BCUT2D eigenvalue weighted by molar-refractivity contribution is -0.976. The summed E-state index contributed by atoms with van der Waals surface area (Å²) in [6.45, 7) is 2.58. The van der Waals surface area contributed by atoms with Crippen molar-refractivity contribution in [2.45, 2.75) is 13.8 Å². The summed E-state index contributed by atoms with van der Waals surface area (Å²) in [6.07, 6.45) is 0. The number of nitrogens with zero attached hydrogens (tertiary/aromatic N) is 2. The lowest BCUT2D eigenvalue weighted by Gasteiger charge is -2.20. The van der Waals surface area contributed by atoms with Crippen molar-refractivity contribution >= 4 is 11.9 Å². The molecule has 0 aliphatic heterocycles. The molecule has 0 unspecified atom stereocenters. The summed E-state index contributed by atoms with van der Waals surface area (Å²) in [5, 5.41) is 7.69. The number of esters is 1. The van der Waals surface area contributed by atoms with E-state index in [2.05, 4.69) is 4.84 Å². The number of carbonyl (C=O) groups excluding carboxylic acids is 2. The molecule has 120 valence electrons. The van der Waals surface area contributed by atoms with Gasteiger partial charge in [-0.25, -0.2) is 5.21 Å². The summed E-state index contributed by atoms with van der Waals surface area (Å²) in [4.78, 5) is 40.2. The van der Waals surface area contributed by atoms with Crippen molar-refractivity contribution in [1.29, 1.82) is 0 Å². The standard InChI is InChI=1S/C14H19N2O6/c1-14(2,9-21-16(19)20)13(18)22-11-8-6-5-7-10(11)12(17)15(3)4/h5-8H,9H2,1-4H3,(H,19,20)/q+1. The van der Waals surface area contributed by atoms with Crippen molar-refractivity contribution in [2.75, 3.05) is 20.7 Å². The van der Waals surface area contributed by atoms with Crippen LogP contribution in [0.15, 0.2) is 24.3 Å². The summed E-state index contributed by atoms with van der Waals surface area (Å²) >= 11 is 0. The fraction of sp³-hybridized carbons (Fsp3) is 0.429. The third-order valence-corrected chi connectivity index (χ3v) is 2.81. The van der Waals surface area contributed by atoms with Crippen LogP contribution in [0.4, 0.5) is 0 Å². The van der Waals surface area contributed by atoms with E-state index in [1.54, 1.807) is 32.3 Å². The average molecular weight is 311 g/mol. The Hall–Kier alpha value is -2.64. The number of carbonyl (C=O) groups is 2. The van der Waals surface area contributed by atoms with E-state index in [-0.39, 0.29) is 23.8 Å². The van der Waals surface area contributed by atoms with Crippen LogP contribution in [0.1, 0.15) is 24.2 Å². The molecule has 8 nitrogen and oxygen atoms in total. The maximum absolute atomic E-state index is 12.2. The van der Waals surface area contributed by atoms with E-state index >= 15 is 0 Å². The Morgan fingerprint density at radius 1 is 1.27 bits per heavy atom. The van der Waals surface area contributed by atoms with Crippen LogP contribution in [0.3, 0.4) is 0 Å². The minimum Gasteiger partial charge on any atom is -0.425 e. The molecule has 0 atom stereocenters. The molecule has 0 fully saturated rings. The lowest BCUT2D eigenvalue weighted by Crippen LogP contribution is -2.35. The minimum atomic E-state index is -1.19. The van der Waals surface area contributed by atoms with Gasteiger partial charge in [-0.2, -0.15) is 4.84 Å². The topological polar surface area (TPSA) is 96.2 Å². The maximum atomic E-state index is 12.2. The van der Waals surface area contributed by atoms with Crippen LogP contribution in [-0.4, -0.2) is 47.8 Å². The van der Waals surface area contributed by atoms with Crippen molar-refractivity contribution < 1.29 is 29.5 Å². The summed E-state index contributed by atoms with van der Waals surface area (Å²) in [6, 6.07) is 6.33. The SMILES string of the molecule is CN(C)C(=O)c1ccccc1OC(=O)C(C)(C)CO[N+](=O)O. The van der Waals surface area contributed by atoms with Crippen LogP contribution in [0.25, 0.3) is 0 Å². The first-order valence-electron chi connectivity index (χ1n) is 6.47. The second kappa shape index (κ2) is 6.88. The minimum absolute atomic E-state index is 0.113. The second-order valence-corrected chi connectivity index (χ2v) is 5.48. The van der Waals surface area contributed by atoms with Gasteiger partial charge >= 0.3 is 11.1 Å². The first kappa shape index (κ1) is 17.4. The van der Waals surface area contributed by atoms with E-state index in [9.17, 15) is 14.5 Å². The normalized spacial score (nSPS) is 10.7. The van der Waals surface area contributed by atoms with E-state index in [1.165, 1.54) is 24.8 Å². The zero-order valence-electron chi connectivity index (χ0n) is 12.9. The highest BCUT2D eigenvalue weighted by Crippen LogP contribution is 2.24. The molecule has 0 saturated carbocycles. The molecular weight excluding hydrogens is 292 g/mol. The van der Waals surface area contributed by atoms with Gasteiger partial charge in [0.15, 0.2) is 6.61 Å². The zero-order chi connectivity index (χ0) is 16.9. The summed E-state index contributed by atoms with van der Waals surface area (Å²) in [5.74, 6) is -0.894.